The quantitative estimate of drug-likeness (QED) is 0.489. The number of nitrogens with zero attached hydrogens (tertiary/aromatic N) is 3. The van der Waals surface area contributed by atoms with Crippen LogP contribution in [0.5, 0.6) is 0 Å². The number of hydrogen-bond donors (Lipinski definition) is 3. The van der Waals surface area contributed by atoms with Crippen LogP contribution in [0.1, 0.15) is 0 Å². The number of aromatic nitrogens is 3. The molecule has 0 fully saturated rings. The number of benzene rings is 3. The Hall–Kier alpha value is -3.67. The minimum absolute atomic E-state index is 0.461. The monoisotopic (exact) mass is 328 g/mol. The molecule has 0 aliphatic carbocycles. The molecule has 4 N–H and O–H groups in total. The summed E-state index contributed by atoms with van der Waals surface area (Å²) >= 11 is 0. The first kappa shape index (κ1) is 14.9. The van der Waals surface area contributed by atoms with Crippen LogP contribution in [-0.2, 0) is 0 Å². The predicted octanol–water partition coefficient (Wildman–Crippen LogP) is 4.09. The molecule has 0 aliphatic heterocycles. The molecular formula is C19H16N6. The average Bonchev–Trinajstić information content (AvgIpc) is 2.64. The molecule has 0 spiro atoms. The molecule has 122 valence electrons. The smallest absolute Gasteiger partial charge is 0.232 e. The summed E-state index contributed by atoms with van der Waals surface area (Å²) in [6.07, 6.45) is 1.47. The van der Waals surface area contributed by atoms with Crippen molar-refractivity contribution in [3.05, 3.63) is 73.1 Å². The lowest BCUT2D eigenvalue weighted by molar-refractivity contribution is 1.06. The number of nitrogens with two attached hydrogens (primary N) is 1. The topological polar surface area (TPSA) is 88.8 Å². The van der Waals surface area contributed by atoms with Gasteiger partial charge in [0, 0.05) is 17.1 Å². The Labute approximate surface area is 144 Å². The van der Waals surface area contributed by atoms with Crippen LogP contribution in [0.15, 0.2) is 73.1 Å². The van der Waals surface area contributed by atoms with Gasteiger partial charge in [0.15, 0.2) is 0 Å². The molecule has 0 amide bonds. The highest BCUT2D eigenvalue weighted by atomic mass is 15.2. The Bertz CT molecular complexity index is 1010. The van der Waals surface area contributed by atoms with E-state index < -0.39 is 0 Å². The SMILES string of the molecule is Nc1ccc(Nc2ncnc(Nc3ccc4ccccc4c3)n2)cc1. The Kier molecular flexibility index (Phi) is 3.84. The first-order valence-electron chi connectivity index (χ1n) is 7.84. The van der Waals surface area contributed by atoms with E-state index in [1.165, 1.54) is 11.7 Å². The van der Waals surface area contributed by atoms with Gasteiger partial charge in [-0.05, 0) is 47.2 Å². The molecule has 0 saturated heterocycles. The molecule has 0 aliphatic rings. The molecule has 25 heavy (non-hydrogen) atoms. The van der Waals surface area contributed by atoms with Gasteiger partial charge in [-0.3, -0.25) is 0 Å². The maximum Gasteiger partial charge on any atom is 0.232 e. The van der Waals surface area contributed by atoms with Crippen LogP contribution in [0.3, 0.4) is 0 Å². The molecule has 0 saturated carbocycles. The van der Waals surface area contributed by atoms with Crippen LogP contribution in [-0.4, -0.2) is 15.0 Å². The summed E-state index contributed by atoms with van der Waals surface area (Å²) in [6.45, 7) is 0. The molecular weight excluding hydrogens is 312 g/mol. The third-order valence-electron chi connectivity index (χ3n) is 3.74. The summed E-state index contributed by atoms with van der Waals surface area (Å²) in [5.74, 6) is 0.936. The van der Waals surface area contributed by atoms with E-state index in [0.29, 0.717) is 17.6 Å². The highest BCUT2D eigenvalue weighted by molar-refractivity contribution is 5.86. The van der Waals surface area contributed by atoms with E-state index in [0.717, 1.165) is 16.8 Å². The number of anilines is 5. The van der Waals surface area contributed by atoms with E-state index in [1.807, 2.05) is 42.5 Å². The largest absolute Gasteiger partial charge is 0.399 e. The fraction of sp³-hybridized carbons (Fsp3) is 0. The van der Waals surface area contributed by atoms with Crippen molar-refractivity contribution in [2.45, 2.75) is 0 Å². The van der Waals surface area contributed by atoms with Gasteiger partial charge in [-0.15, -0.1) is 0 Å². The Balaban J connectivity index is 1.55. The van der Waals surface area contributed by atoms with E-state index in [9.17, 15) is 0 Å². The lowest BCUT2D eigenvalue weighted by Crippen LogP contribution is -2.02. The van der Waals surface area contributed by atoms with Crippen LogP contribution in [0.4, 0.5) is 29.0 Å². The van der Waals surface area contributed by atoms with E-state index >= 15 is 0 Å². The summed E-state index contributed by atoms with van der Waals surface area (Å²) < 4.78 is 0. The molecule has 6 nitrogen and oxygen atoms in total. The minimum atomic E-state index is 0.461. The van der Waals surface area contributed by atoms with Gasteiger partial charge in [-0.1, -0.05) is 30.3 Å². The summed E-state index contributed by atoms with van der Waals surface area (Å²) in [5.41, 5.74) is 8.18. The normalized spacial score (nSPS) is 10.6. The Morgan fingerprint density at radius 2 is 1.32 bits per heavy atom. The van der Waals surface area contributed by atoms with E-state index in [4.69, 9.17) is 5.73 Å². The van der Waals surface area contributed by atoms with Gasteiger partial charge in [0.25, 0.3) is 0 Å². The molecule has 0 radical (unpaired) electrons. The van der Waals surface area contributed by atoms with Gasteiger partial charge < -0.3 is 16.4 Å². The number of nitrogens with one attached hydrogen (secondary N) is 2. The van der Waals surface area contributed by atoms with E-state index in [-0.39, 0.29) is 0 Å². The van der Waals surface area contributed by atoms with Gasteiger partial charge in [0.05, 0.1) is 0 Å². The van der Waals surface area contributed by atoms with Crippen molar-refractivity contribution < 1.29 is 0 Å². The first-order chi connectivity index (χ1) is 12.3. The molecule has 4 aromatic rings. The Morgan fingerprint density at radius 3 is 2.08 bits per heavy atom. The second-order valence-corrected chi connectivity index (χ2v) is 5.57. The molecule has 1 heterocycles. The molecule has 0 bridgehead atoms. The maximum atomic E-state index is 5.69. The lowest BCUT2D eigenvalue weighted by atomic mass is 10.1. The van der Waals surface area contributed by atoms with E-state index in [1.54, 1.807) is 0 Å². The molecule has 3 aromatic carbocycles. The number of fused-ring (bicyclic) bond motifs is 1. The van der Waals surface area contributed by atoms with Crippen LogP contribution in [0, 0.1) is 0 Å². The highest BCUT2D eigenvalue weighted by Crippen LogP contribution is 2.21. The zero-order chi connectivity index (χ0) is 17.1. The zero-order valence-electron chi connectivity index (χ0n) is 13.3. The van der Waals surface area contributed by atoms with Crippen LogP contribution < -0.4 is 16.4 Å². The van der Waals surface area contributed by atoms with Crippen LogP contribution in [0.25, 0.3) is 10.8 Å². The predicted molar refractivity (Wildman–Crippen MR) is 101 cm³/mol. The van der Waals surface area contributed by atoms with Crippen molar-refractivity contribution in [3.8, 4) is 0 Å². The number of nitrogen functional groups attached to an aromatic ring is 1. The standard InChI is InChI=1S/C19H16N6/c20-15-6-9-16(10-7-15)23-18-21-12-22-19(25-18)24-17-8-5-13-3-1-2-4-14(13)11-17/h1-12H,20H2,(H2,21,22,23,24,25). The van der Waals surface area contributed by atoms with Crippen molar-refractivity contribution in [3.63, 3.8) is 0 Å². The van der Waals surface area contributed by atoms with Gasteiger partial charge in [0.2, 0.25) is 11.9 Å². The third kappa shape index (κ3) is 3.48. The summed E-state index contributed by atoms with van der Waals surface area (Å²) in [6, 6.07) is 21.7. The summed E-state index contributed by atoms with van der Waals surface area (Å²) in [4.78, 5) is 12.7. The maximum absolute atomic E-state index is 5.69. The fourth-order valence-corrected chi connectivity index (χ4v) is 2.51. The van der Waals surface area contributed by atoms with Crippen LogP contribution >= 0.6 is 0 Å². The molecule has 0 unspecified atom stereocenters. The van der Waals surface area contributed by atoms with E-state index in [2.05, 4.69) is 49.9 Å². The summed E-state index contributed by atoms with van der Waals surface area (Å²) in [5, 5.41) is 8.68. The highest BCUT2D eigenvalue weighted by Gasteiger charge is 2.03. The molecule has 6 heteroatoms. The second-order valence-electron chi connectivity index (χ2n) is 5.57. The minimum Gasteiger partial charge on any atom is -0.399 e. The number of hydrogen-bond acceptors (Lipinski definition) is 6. The third-order valence-corrected chi connectivity index (χ3v) is 3.74. The fourth-order valence-electron chi connectivity index (χ4n) is 2.51. The average molecular weight is 328 g/mol. The van der Waals surface area contributed by atoms with Crippen LogP contribution in [0.2, 0.25) is 0 Å². The molecule has 0 atom stereocenters. The zero-order valence-corrected chi connectivity index (χ0v) is 13.3. The van der Waals surface area contributed by atoms with Crippen molar-refractivity contribution in [2.75, 3.05) is 16.4 Å². The van der Waals surface area contributed by atoms with Crippen molar-refractivity contribution in [1.29, 1.82) is 0 Å². The molecule has 1 aromatic heterocycles. The second kappa shape index (κ2) is 6.45. The van der Waals surface area contributed by atoms with Gasteiger partial charge >= 0.3 is 0 Å². The molecule has 4 rings (SSSR count). The van der Waals surface area contributed by atoms with Crippen molar-refractivity contribution in [1.82, 2.24) is 15.0 Å². The summed E-state index contributed by atoms with van der Waals surface area (Å²) in [7, 11) is 0. The lowest BCUT2D eigenvalue weighted by Gasteiger charge is -2.08. The van der Waals surface area contributed by atoms with Crippen molar-refractivity contribution in [2.24, 2.45) is 0 Å². The Morgan fingerprint density at radius 1 is 0.680 bits per heavy atom. The first-order valence-corrected chi connectivity index (χ1v) is 7.84. The van der Waals surface area contributed by atoms with Gasteiger partial charge in [-0.2, -0.15) is 4.98 Å². The number of rotatable bonds is 4. The van der Waals surface area contributed by atoms with Gasteiger partial charge in [-0.25, -0.2) is 9.97 Å². The van der Waals surface area contributed by atoms with Crippen molar-refractivity contribution >= 4 is 39.7 Å². The van der Waals surface area contributed by atoms with Gasteiger partial charge in [0.1, 0.15) is 6.33 Å².